The molecule has 0 saturated carbocycles. The first-order valence-corrected chi connectivity index (χ1v) is 8.21. The zero-order valence-corrected chi connectivity index (χ0v) is 13.4. The van der Waals surface area contributed by atoms with Crippen LogP contribution in [0.4, 0.5) is 10.5 Å². The van der Waals surface area contributed by atoms with Crippen molar-refractivity contribution in [3.8, 4) is 5.75 Å². The third-order valence-electron chi connectivity index (χ3n) is 4.61. The normalized spacial score (nSPS) is 23.5. The minimum Gasteiger partial charge on any atom is -0.494 e. The van der Waals surface area contributed by atoms with Crippen LogP contribution in [0.2, 0.25) is 0 Å². The van der Waals surface area contributed by atoms with Gasteiger partial charge in [-0.3, -0.25) is 0 Å². The van der Waals surface area contributed by atoms with E-state index >= 15 is 0 Å². The number of fused-ring (bicyclic) bond motifs is 1. The van der Waals surface area contributed by atoms with Crippen molar-refractivity contribution < 1.29 is 9.53 Å². The largest absolute Gasteiger partial charge is 0.494 e. The predicted octanol–water partition coefficient (Wildman–Crippen LogP) is 2.18. The van der Waals surface area contributed by atoms with Crippen LogP contribution in [0.1, 0.15) is 13.8 Å². The van der Waals surface area contributed by atoms with Gasteiger partial charge in [-0.05, 0) is 38.1 Å². The molecule has 2 fully saturated rings. The molecule has 1 aromatic rings. The number of urea groups is 1. The Balaban J connectivity index is 1.57. The topological polar surface area (TPSA) is 44.8 Å². The SMILES string of the molecule is CCNC(=O)N1CC2CN(c3ccc(OCC)cc3)CC2C1. The zero-order chi connectivity index (χ0) is 15.5. The maximum absolute atomic E-state index is 11.9. The van der Waals surface area contributed by atoms with E-state index in [2.05, 4.69) is 22.3 Å². The summed E-state index contributed by atoms with van der Waals surface area (Å²) in [5.41, 5.74) is 1.25. The number of likely N-dealkylation sites (tertiary alicyclic amines) is 1. The second-order valence-electron chi connectivity index (χ2n) is 6.09. The van der Waals surface area contributed by atoms with E-state index < -0.39 is 0 Å². The molecule has 5 nitrogen and oxygen atoms in total. The van der Waals surface area contributed by atoms with Crippen molar-refractivity contribution in [2.45, 2.75) is 13.8 Å². The van der Waals surface area contributed by atoms with Crippen molar-refractivity contribution in [3.63, 3.8) is 0 Å². The van der Waals surface area contributed by atoms with Crippen molar-refractivity contribution in [2.24, 2.45) is 11.8 Å². The van der Waals surface area contributed by atoms with E-state index in [1.807, 2.05) is 30.9 Å². The van der Waals surface area contributed by atoms with Gasteiger partial charge < -0.3 is 19.9 Å². The number of carbonyl (C=O) groups excluding carboxylic acids is 1. The number of carbonyl (C=O) groups is 1. The molecule has 2 atom stereocenters. The van der Waals surface area contributed by atoms with Gasteiger partial charge in [0.15, 0.2) is 0 Å². The maximum Gasteiger partial charge on any atom is 0.317 e. The number of rotatable bonds is 4. The molecular weight excluding hydrogens is 278 g/mol. The average Bonchev–Trinajstić information content (AvgIpc) is 3.07. The number of amides is 2. The highest BCUT2D eigenvalue weighted by Crippen LogP contribution is 2.34. The van der Waals surface area contributed by atoms with Crippen molar-refractivity contribution in [1.29, 1.82) is 0 Å². The minimum atomic E-state index is 0.0875. The van der Waals surface area contributed by atoms with Gasteiger partial charge in [0, 0.05) is 50.2 Å². The van der Waals surface area contributed by atoms with Crippen LogP contribution in [0.15, 0.2) is 24.3 Å². The van der Waals surface area contributed by atoms with Crippen LogP contribution in [0, 0.1) is 11.8 Å². The molecule has 1 aromatic carbocycles. The Morgan fingerprint density at radius 2 is 1.77 bits per heavy atom. The van der Waals surface area contributed by atoms with Gasteiger partial charge in [-0.15, -0.1) is 0 Å². The van der Waals surface area contributed by atoms with E-state index in [9.17, 15) is 4.79 Å². The molecule has 2 aliphatic rings. The molecular formula is C17H25N3O2. The summed E-state index contributed by atoms with van der Waals surface area (Å²) >= 11 is 0. The van der Waals surface area contributed by atoms with Gasteiger partial charge in [-0.1, -0.05) is 0 Å². The van der Waals surface area contributed by atoms with E-state index in [0.717, 1.165) is 31.9 Å². The summed E-state index contributed by atoms with van der Waals surface area (Å²) in [6.07, 6.45) is 0. The lowest BCUT2D eigenvalue weighted by Crippen LogP contribution is -2.40. The smallest absolute Gasteiger partial charge is 0.317 e. The number of hydrogen-bond donors (Lipinski definition) is 1. The van der Waals surface area contributed by atoms with E-state index in [4.69, 9.17) is 4.74 Å². The molecule has 0 aliphatic carbocycles. The molecule has 3 rings (SSSR count). The average molecular weight is 303 g/mol. The maximum atomic E-state index is 11.9. The Kier molecular flexibility index (Phi) is 4.41. The first kappa shape index (κ1) is 15.0. The standard InChI is InChI=1S/C17H25N3O2/c1-3-18-17(21)20-11-13-9-19(10-14(13)12-20)15-5-7-16(8-6-15)22-4-2/h5-8,13-14H,3-4,9-12H2,1-2H3,(H,18,21). The van der Waals surface area contributed by atoms with Crippen LogP contribution in [0.5, 0.6) is 5.75 Å². The van der Waals surface area contributed by atoms with E-state index in [-0.39, 0.29) is 6.03 Å². The Labute approximate surface area is 132 Å². The van der Waals surface area contributed by atoms with Crippen LogP contribution in [0.3, 0.4) is 0 Å². The number of nitrogens with one attached hydrogen (secondary N) is 1. The molecule has 1 N–H and O–H groups in total. The van der Waals surface area contributed by atoms with Crippen LogP contribution >= 0.6 is 0 Å². The molecule has 2 heterocycles. The summed E-state index contributed by atoms with van der Waals surface area (Å²) in [5.74, 6) is 2.11. The number of benzene rings is 1. The Morgan fingerprint density at radius 3 is 2.32 bits per heavy atom. The first-order valence-electron chi connectivity index (χ1n) is 8.21. The third kappa shape index (κ3) is 2.98. The summed E-state index contributed by atoms with van der Waals surface area (Å²) < 4.78 is 5.49. The summed E-state index contributed by atoms with van der Waals surface area (Å²) in [6, 6.07) is 8.42. The predicted molar refractivity (Wildman–Crippen MR) is 87.4 cm³/mol. The summed E-state index contributed by atoms with van der Waals surface area (Å²) in [5, 5.41) is 2.90. The molecule has 120 valence electrons. The van der Waals surface area contributed by atoms with Crippen molar-refractivity contribution >= 4 is 11.7 Å². The Hall–Kier alpha value is -1.91. The molecule has 2 aliphatic heterocycles. The van der Waals surface area contributed by atoms with Gasteiger partial charge in [0.25, 0.3) is 0 Å². The van der Waals surface area contributed by atoms with Crippen LogP contribution in [-0.2, 0) is 0 Å². The van der Waals surface area contributed by atoms with Gasteiger partial charge in [0.1, 0.15) is 5.75 Å². The van der Waals surface area contributed by atoms with Gasteiger partial charge >= 0.3 is 6.03 Å². The summed E-state index contributed by atoms with van der Waals surface area (Å²) in [4.78, 5) is 16.3. The van der Waals surface area contributed by atoms with Gasteiger partial charge in [-0.25, -0.2) is 4.79 Å². The van der Waals surface area contributed by atoms with Gasteiger partial charge in [0.05, 0.1) is 6.61 Å². The van der Waals surface area contributed by atoms with E-state index in [1.54, 1.807) is 0 Å². The van der Waals surface area contributed by atoms with Crippen molar-refractivity contribution in [1.82, 2.24) is 10.2 Å². The zero-order valence-electron chi connectivity index (χ0n) is 13.4. The molecule has 2 amide bonds. The van der Waals surface area contributed by atoms with Crippen LogP contribution < -0.4 is 15.0 Å². The fourth-order valence-electron chi connectivity index (χ4n) is 3.55. The summed E-state index contributed by atoms with van der Waals surface area (Å²) in [6.45, 7) is 9.18. The lowest BCUT2D eigenvalue weighted by molar-refractivity contribution is 0.206. The van der Waals surface area contributed by atoms with Gasteiger partial charge in [0.2, 0.25) is 0 Å². The first-order chi connectivity index (χ1) is 10.7. The Morgan fingerprint density at radius 1 is 1.14 bits per heavy atom. The van der Waals surface area contributed by atoms with Crippen molar-refractivity contribution in [3.05, 3.63) is 24.3 Å². The van der Waals surface area contributed by atoms with Crippen LogP contribution in [-0.4, -0.2) is 50.3 Å². The van der Waals surface area contributed by atoms with E-state index in [0.29, 0.717) is 25.0 Å². The minimum absolute atomic E-state index is 0.0875. The summed E-state index contributed by atoms with van der Waals surface area (Å²) in [7, 11) is 0. The second-order valence-corrected chi connectivity index (χ2v) is 6.09. The molecule has 0 spiro atoms. The lowest BCUT2D eigenvalue weighted by atomic mass is 10.0. The lowest BCUT2D eigenvalue weighted by Gasteiger charge is -2.23. The number of nitrogens with zero attached hydrogens (tertiary/aromatic N) is 2. The van der Waals surface area contributed by atoms with Gasteiger partial charge in [-0.2, -0.15) is 0 Å². The molecule has 22 heavy (non-hydrogen) atoms. The highest BCUT2D eigenvalue weighted by molar-refractivity contribution is 5.74. The molecule has 2 unspecified atom stereocenters. The highest BCUT2D eigenvalue weighted by Gasteiger charge is 2.41. The van der Waals surface area contributed by atoms with Crippen molar-refractivity contribution in [2.75, 3.05) is 44.2 Å². The number of ether oxygens (including phenoxy) is 1. The molecule has 2 saturated heterocycles. The second kappa shape index (κ2) is 6.46. The van der Waals surface area contributed by atoms with Crippen LogP contribution in [0.25, 0.3) is 0 Å². The third-order valence-corrected chi connectivity index (χ3v) is 4.61. The Bertz CT molecular complexity index is 503. The monoisotopic (exact) mass is 303 g/mol. The molecule has 0 radical (unpaired) electrons. The number of anilines is 1. The molecule has 0 bridgehead atoms. The fraction of sp³-hybridized carbons (Fsp3) is 0.588. The fourth-order valence-corrected chi connectivity index (χ4v) is 3.55. The highest BCUT2D eigenvalue weighted by atomic mass is 16.5. The quantitative estimate of drug-likeness (QED) is 0.927. The number of hydrogen-bond acceptors (Lipinski definition) is 3. The molecule has 0 aromatic heterocycles. The molecule has 5 heteroatoms. The van der Waals surface area contributed by atoms with E-state index in [1.165, 1.54) is 5.69 Å².